The standard InChI is InChI=1S/C24H20F2N8O2S/c1-12-4-15(16-5-13(2)28-9-19(16)36-3)17(7-27-12)22(35)33-24-32-21-23(37-24)31-18(8-29-21)14-6-30-34(10-14)11-20(25)26/h4-10,20H,11H2,1-3H3,(H,29,32,33,35). The number of aryl methyl sites for hydroxylation is 2. The minimum Gasteiger partial charge on any atom is -0.494 e. The second-order valence-corrected chi connectivity index (χ2v) is 9.07. The van der Waals surface area contributed by atoms with Crippen molar-refractivity contribution in [3.05, 3.63) is 60.1 Å². The van der Waals surface area contributed by atoms with Crippen molar-refractivity contribution in [2.45, 2.75) is 26.8 Å². The lowest BCUT2D eigenvalue weighted by Crippen LogP contribution is -2.14. The Morgan fingerprint density at radius 2 is 1.81 bits per heavy atom. The number of halogens is 2. The normalized spacial score (nSPS) is 11.3. The first-order chi connectivity index (χ1) is 17.8. The van der Waals surface area contributed by atoms with E-state index in [4.69, 9.17) is 4.74 Å². The van der Waals surface area contributed by atoms with Gasteiger partial charge in [0.25, 0.3) is 12.3 Å². The molecule has 37 heavy (non-hydrogen) atoms. The number of hydrogen-bond acceptors (Lipinski definition) is 9. The van der Waals surface area contributed by atoms with Crippen LogP contribution >= 0.6 is 11.3 Å². The van der Waals surface area contributed by atoms with Gasteiger partial charge in [-0.25, -0.2) is 18.7 Å². The molecule has 0 radical (unpaired) electrons. The lowest BCUT2D eigenvalue weighted by molar-refractivity contribution is 0.102. The average Bonchev–Trinajstić information content (AvgIpc) is 3.49. The Morgan fingerprint density at radius 1 is 1.05 bits per heavy atom. The molecular formula is C24H20F2N8O2S. The van der Waals surface area contributed by atoms with Crippen LogP contribution in [0.5, 0.6) is 5.75 Å². The van der Waals surface area contributed by atoms with Crippen molar-refractivity contribution in [3.8, 4) is 28.1 Å². The van der Waals surface area contributed by atoms with Crippen molar-refractivity contribution in [2.75, 3.05) is 12.4 Å². The van der Waals surface area contributed by atoms with Gasteiger partial charge in [0.05, 0.1) is 37.0 Å². The Hall–Kier alpha value is -4.39. The lowest BCUT2D eigenvalue weighted by atomic mass is 9.99. The molecule has 0 saturated heterocycles. The van der Waals surface area contributed by atoms with E-state index in [2.05, 4.69) is 35.3 Å². The molecule has 0 unspecified atom stereocenters. The summed E-state index contributed by atoms with van der Waals surface area (Å²) < 4.78 is 31.9. The first kappa shape index (κ1) is 24.3. The molecule has 0 aliphatic heterocycles. The summed E-state index contributed by atoms with van der Waals surface area (Å²) in [6, 6.07) is 3.66. The van der Waals surface area contributed by atoms with Gasteiger partial charge in [0.2, 0.25) is 0 Å². The molecule has 10 nitrogen and oxygen atoms in total. The maximum absolute atomic E-state index is 13.3. The molecule has 1 amide bonds. The number of nitrogens with one attached hydrogen (secondary N) is 1. The number of hydrogen-bond donors (Lipinski definition) is 1. The SMILES string of the molecule is COc1cnc(C)cc1-c1cc(C)ncc1C(=O)Nc1nc2ncc(-c3cnn(CC(F)F)c3)nc2s1. The number of thiazole rings is 1. The lowest BCUT2D eigenvalue weighted by Gasteiger charge is -2.13. The fourth-order valence-corrected chi connectivity index (χ4v) is 4.49. The molecule has 0 aliphatic rings. The van der Waals surface area contributed by atoms with Gasteiger partial charge in [-0.05, 0) is 26.0 Å². The monoisotopic (exact) mass is 522 g/mol. The summed E-state index contributed by atoms with van der Waals surface area (Å²) in [7, 11) is 1.54. The summed E-state index contributed by atoms with van der Waals surface area (Å²) in [4.78, 5) is 35.5. The van der Waals surface area contributed by atoms with Gasteiger partial charge in [-0.15, -0.1) is 0 Å². The molecule has 0 aromatic carbocycles. The summed E-state index contributed by atoms with van der Waals surface area (Å²) in [6.45, 7) is 3.19. The summed E-state index contributed by atoms with van der Waals surface area (Å²) in [5.41, 5.74) is 4.56. The molecule has 5 heterocycles. The van der Waals surface area contributed by atoms with Crippen molar-refractivity contribution in [3.63, 3.8) is 0 Å². The van der Waals surface area contributed by atoms with Gasteiger partial charge in [-0.1, -0.05) is 11.3 Å². The number of pyridine rings is 2. The number of alkyl halides is 2. The van der Waals surface area contributed by atoms with E-state index in [0.29, 0.717) is 43.7 Å². The highest BCUT2D eigenvalue weighted by Gasteiger charge is 2.20. The quantitative estimate of drug-likeness (QED) is 0.331. The molecule has 0 atom stereocenters. The predicted octanol–water partition coefficient (Wildman–Crippen LogP) is 4.55. The minimum absolute atomic E-state index is 0.301. The third kappa shape index (κ3) is 5.11. The number of carbonyl (C=O) groups excluding carboxylic acids is 1. The van der Waals surface area contributed by atoms with Crippen molar-refractivity contribution < 1.29 is 18.3 Å². The number of rotatable bonds is 7. The Balaban J connectivity index is 1.44. The van der Waals surface area contributed by atoms with Gasteiger partial charge < -0.3 is 4.74 Å². The predicted molar refractivity (Wildman–Crippen MR) is 134 cm³/mol. The Labute approximate surface area is 213 Å². The van der Waals surface area contributed by atoms with Gasteiger partial charge in [0.1, 0.15) is 12.3 Å². The summed E-state index contributed by atoms with van der Waals surface area (Å²) in [5.74, 6) is 0.120. The van der Waals surface area contributed by atoms with Gasteiger partial charge >= 0.3 is 0 Å². The number of anilines is 1. The van der Waals surface area contributed by atoms with Crippen LogP contribution in [0.15, 0.2) is 43.1 Å². The van der Waals surface area contributed by atoms with Crippen LogP contribution in [0.25, 0.3) is 32.9 Å². The Kier molecular flexibility index (Phi) is 6.53. The molecular weight excluding hydrogens is 502 g/mol. The summed E-state index contributed by atoms with van der Waals surface area (Å²) >= 11 is 1.14. The van der Waals surface area contributed by atoms with Crippen LogP contribution in [0.2, 0.25) is 0 Å². The van der Waals surface area contributed by atoms with Crippen LogP contribution in [0.4, 0.5) is 13.9 Å². The highest BCUT2D eigenvalue weighted by atomic mass is 32.1. The van der Waals surface area contributed by atoms with Crippen molar-refractivity contribution in [1.82, 2.24) is 34.7 Å². The molecule has 5 aromatic heterocycles. The first-order valence-corrected chi connectivity index (χ1v) is 11.9. The van der Waals surface area contributed by atoms with Crippen molar-refractivity contribution in [2.24, 2.45) is 0 Å². The molecule has 5 aromatic rings. The zero-order valence-corrected chi connectivity index (χ0v) is 20.8. The van der Waals surface area contributed by atoms with Gasteiger partial charge in [0.15, 0.2) is 15.6 Å². The van der Waals surface area contributed by atoms with E-state index in [1.165, 1.54) is 24.8 Å². The van der Waals surface area contributed by atoms with E-state index in [0.717, 1.165) is 33.0 Å². The van der Waals surface area contributed by atoms with E-state index in [9.17, 15) is 13.6 Å². The molecule has 13 heteroatoms. The van der Waals surface area contributed by atoms with Crippen molar-refractivity contribution >= 4 is 32.9 Å². The highest BCUT2D eigenvalue weighted by Crippen LogP contribution is 2.33. The van der Waals surface area contributed by atoms with Crippen LogP contribution in [0, 0.1) is 13.8 Å². The average molecular weight is 523 g/mol. The van der Waals surface area contributed by atoms with Crippen LogP contribution in [0.1, 0.15) is 21.7 Å². The second-order valence-electron chi connectivity index (χ2n) is 8.10. The Morgan fingerprint density at radius 3 is 2.57 bits per heavy atom. The molecule has 5 rings (SSSR count). The topological polar surface area (TPSA) is 121 Å². The van der Waals surface area contributed by atoms with E-state index in [1.807, 2.05) is 26.0 Å². The number of ether oxygens (including phenoxy) is 1. The van der Waals surface area contributed by atoms with Crippen LogP contribution in [-0.2, 0) is 6.54 Å². The summed E-state index contributed by atoms with van der Waals surface area (Å²) in [5, 5.41) is 7.04. The first-order valence-electron chi connectivity index (χ1n) is 11.0. The number of aromatic nitrogens is 7. The van der Waals surface area contributed by atoms with Crippen molar-refractivity contribution in [1.29, 1.82) is 0 Å². The maximum atomic E-state index is 13.3. The van der Waals surface area contributed by atoms with Gasteiger partial charge in [-0.3, -0.25) is 24.8 Å². The third-order valence-corrected chi connectivity index (χ3v) is 6.25. The highest BCUT2D eigenvalue weighted by molar-refractivity contribution is 7.21. The minimum atomic E-state index is -2.51. The van der Waals surface area contributed by atoms with E-state index in [1.54, 1.807) is 13.3 Å². The molecule has 0 spiro atoms. The Bertz CT molecular complexity index is 1620. The number of fused-ring (bicyclic) bond motifs is 1. The fourth-order valence-electron chi connectivity index (χ4n) is 3.70. The number of amides is 1. The van der Waals surface area contributed by atoms with Crippen LogP contribution in [-0.4, -0.2) is 54.1 Å². The van der Waals surface area contributed by atoms with E-state index >= 15 is 0 Å². The zero-order chi connectivity index (χ0) is 26.1. The molecule has 0 fully saturated rings. The second kappa shape index (κ2) is 9.93. The van der Waals surface area contributed by atoms with E-state index < -0.39 is 18.9 Å². The maximum Gasteiger partial charge on any atom is 0.259 e. The molecule has 0 aliphatic carbocycles. The van der Waals surface area contributed by atoms with Crippen LogP contribution < -0.4 is 10.1 Å². The summed E-state index contributed by atoms with van der Waals surface area (Å²) in [6.07, 6.45) is 5.02. The zero-order valence-electron chi connectivity index (χ0n) is 19.9. The van der Waals surface area contributed by atoms with E-state index in [-0.39, 0.29) is 0 Å². The number of carbonyl (C=O) groups is 1. The third-order valence-electron chi connectivity index (χ3n) is 5.40. The molecule has 0 bridgehead atoms. The smallest absolute Gasteiger partial charge is 0.259 e. The molecule has 1 N–H and O–H groups in total. The number of nitrogens with zero attached hydrogens (tertiary/aromatic N) is 7. The fraction of sp³-hybridized carbons (Fsp3) is 0.208. The largest absolute Gasteiger partial charge is 0.494 e. The van der Waals surface area contributed by atoms with Gasteiger partial charge in [-0.2, -0.15) is 10.1 Å². The molecule has 0 saturated carbocycles. The van der Waals surface area contributed by atoms with Gasteiger partial charge in [0, 0.05) is 40.5 Å². The van der Waals surface area contributed by atoms with Crippen LogP contribution in [0.3, 0.4) is 0 Å². The number of methoxy groups -OCH3 is 1. The molecule has 188 valence electrons.